The van der Waals surface area contributed by atoms with E-state index in [-0.39, 0.29) is 30.0 Å². The first-order chi connectivity index (χ1) is 9.50. The van der Waals surface area contributed by atoms with Crippen LogP contribution in [0.3, 0.4) is 0 Å². The van der Waals surface area contributed by atoms with Crippen molar-refractivity contribution in [3.8, 4) is 0 Å². The minimum absolute atomic E-state index is 0.0631. The summed E-state index contributed by atoms with van der Waals surface area (Å²) in [5.74, 6) is 0.185. The van der Waals surface area contributed by atoms with Gasteiger partial charge >= 0.3 is 0 Å². The van der Waals surface area contributed by atoms with Crippen LogP contribution < -0.4 is 0 Å². The lowest BCUT2D eigenvalue weighted by atomic mass is 9.76. The normalized spacial score (nSPS) is 30.1. The van der Waals surface area contributed by atoms with Crippen molar-refractivity contribution in [1.29, 1.82) is 0 Å². The maximum Gasteiger partial charge on any atom is 0.248 e. The maximum atomic E-state index is 12.3. The zero-order chi connectivity index (χ0) is 14.8. The van der Waals surface area contributed by atoms with Crippen molar-refractivity contribution in [3.63, 3.8) is 0 Å². The minimum Gasteiger partial charge on any atom is -0.372 e. The van der Waals surface area contributed by atoms with Crippen molar-refractivity contribution in [1.82, 2.24) is 9.80 Å². The number of piperidine rings is 2. The van der Waals surface area contributed by atoms with Crippen LogP contribution in [-0.4, -0.2) is 59.5 Å². The Kier molecular flexibility index (Phi) is 4.68. The Morgan fingerprint density at radius 3 is 2.70 bits per heavy atom. The summed E-state index contributed by atoms with van der Waals surface area (Å²) in [7, 11) is 0. The highest BCUT2D eigenvalue weighted by Gasteiger charge is 2.49. The third kappa shape index (κ3) is 2.68. The predicted octanol–water partition coefficient (Wildman–Crippen LogP) is 1.41. The molecule has 2 fully saturated rings. The molecule has 0 saturated carbocycles. The second-order valence-corrected chi connectivity index (χ2v) is 6.01. The van der Waals surface area contributed by atoms with Gasteiger partial charge in [0.25, 0.3) is 0 Å². The summed E-state index contributed by atoms with van der Waals surface area (Å²) in [6.07, 6.45) is 3.89. The van der Waals surface area contributed by atoms with Crippen LogP contribution in [0.15, 0.2) is 0 Å². The molecule has 114 valence electrons. The van der Waals surface area contributed by atoms with E-state index in [0.29, 0.717) is 6.61 Å². The van der Waals surface area contributed by atoms with E-state index in [1.807, 2.05) is 16.7 Å². The smallest absolute Gasteiger partial charge is 0.248 e. The first kappa shape index (κ1) is 15.3. The number of fused-ring (bicyclic) bond motifs is 1. The summed E-state index contributed by atoms with van der Waals surface area (Å²) in [5.41, 5.74) is -0.204. The van der Waals surface area contributed by atoms with Crippen LogP contribution in [0.2, 0.25) is 0 Å². The maximum absolute atomic E-state index is 12.3. The van der Waals surface area contributed by atoms with Gasteiger partial charge in [0.05, 0.1) is 11.6 Å². The zero-order valence-corrected chi connectivity index (χ0v) is 12.9. The highest BCUT2D eigenvalue weighted by atomic mass is 16.5. The lowest BCUT2D eigenvalue weighted by Gasteiger charge is -2.56. The molecule has 0 aromatic heterocycles. The van der Waals surface area contributed by atoms with Gasteiger partial charge in [-0.1, -0.05) is 0 Å². The van der Waals surface area contributed by atoms with E-state index in [2.05, 4.69) is 6.92 Å². The average Bonchev–Trinajstić information content (AvgIpc) is 2.42. The van der Waals surface area contributed by atoms with Crippen LogP contribution in [0.25, 0.3) is 0 Å². The number of hydrogen-bond donors (Lipinski definition) is 0. The zero-order valence-electron chi connectivity index (χ0n) is 12.9. The van der Waals surface area contributed by atoms with E-state index in [0.717, 1.165) is 38.8 Å². The number of likely N-dealkylation sites (tertiary alicyclic amines) is 2. The van der Waals surface area contributed by atoms with Crippen molar-refractivity contribution >= 4 is 11.8 Å². The van der Waals surface area contributed by atoms with Gasteiger partial charge in [0, 0.05) is 26.6 Å². The molecule has 0 aliphatic carbocycles. The van der Waals surface area contributed by atoms with E-state index in [1.165, 1.54) is 0 Å². The Hall–Kier alpha value is -1.10. The fourth-order valence-corrected chi connectivity index (χ4v) is 3.83. The number of carbonyl (C=O) groups is 2. The third-order valence-corrected chi connectivity index (χ3v) is 4.78. The average molecular weight is 282 g/mol. The Morgan fingerprint density at radius 1 is 1.30 bits per heavy atom. The molecule has 2 rings (SSSR count). The van der Waals surface area contributed by atoms with Gasteiger partial charge in [-0.3, -0.25) is 9.59 Å². The van der Waals surface area contributed by atoms with Crippen LogP contribution in [0.1, 0.15) is 46.5 Å². The molecule has 2 saturated heterocycles. The number of hydrogen-bond acceptors (Lipinski definition) is 3. The minimum atomic E-state index is -0.204. The van der Waals surface area contributed by atoms with E-state index in [1.54, 1.807) is 6.92 Å². The molecule has 5 heteroatoms. The molecule has 2 heterocycles. The van der Waals surface area contributed by atoms with Gasteiger partial charge < -0.3 is 14.5 Å². The lowest BCUT2D eigenvalue weighted by molar-refractivity contribution is -0.157. The van der Waals surface area contributed by atoms with Gasteiger partial charge in [-0.2, -0.15) is 0 Å². The molecular formula is C15H26N2O3. The molecule has 0 N–H and O–H groups in total. The summed E-state index contributed by atoms with van der Waals surface area (Å²) in [4.78, 5) is 28.2. The van der Waals surface area contributed by atoms with E-state index >= 15 is 0 Å². The Balaban J connectivity index is 2.17. The number of carbonyl (C=O) groups excluding carboxylic acids is 2. The Morgan fingerprint density at radius 2 is 2.05 bits per heavy atom. The van der Waals surface area contributed by atoms with E-state index in [4.69, 9.17) is 4.74 Å². The molecule has 2 amide bonds. The van der Waals surface area contributed by atoms with Crippen LogP contribution in [0, 0.1) is 0 Å². The summed E-state index contributed by atoms with van der Waals surface area (Å²) in [5, 5.41) is 0. The summed E-state index contributed by atoms with van der Waals surface area (Å²) in [6.45, 7) is 7.98. The monoisotopic (exact) mass is 282 g/mol. The van der Waals surface area contributed by atoms with Crippen molar-refractivity contribution in [2.24, 2.45) is 0 Å². The Labute approximate surface area is 121 Å². The van der Waals surface area contributed by atoms with Crippen LogP contribution >= 0.6 is 0 Å². The van der Waals surface area contributed by atoms with Gasteiger partial charge in [-0.25, -0.2) is 0 Å². The van der Waals surface area contributed by atoms with Crippen LogP contribution in [0.5, 0.6) is 0 Å². The molecule has 0 unspecified atom stereocenters. The topological polar surface area (TPSA) is 49.9 Å². The first-order valence-electron chi connectivity index (χ1n) is 7.66. The van der Waals surface area contributed by atoms with Gasteiger partial charge in [0.2, 0.25) is 11.8 Å². The molecular weight excluding hydrogens is 256 g/mol. The highest BCUT2D eigenvalue weighted by molar-refractivity contribution is 5.79. The lowest BCUT2D eigenvalue weighted by Crippen LogP contribution is -2.68. The first-order valence-corrected chi connectivity index (χ1v) is 7.66. The van der Waals surface area contributed by atoms with Crippen molar-refractivity contribution in [2.45, 2.75) is 58.0 Å². The van der Waals surface area contributed by atoms with E-state index < -0.39 is 0 Å². The SMILES string of the molecule is CCOCC(=O)N1CCC[C@@]2(C)[C@H]1CCCN2C(C)=O. The van der Waals surface area contributed by atoms with Crippen LogP contribution in [0.4, 0.5) is 0 Å². The number of amides is 2. The molecule has 0 spiro atoms. The van der Waals surface area contributed by atoms with Gasteiger partial charge in [-0.05, 0) is 39.5 Å². The van der Waals surface area contributed by atoms with Crippen molar-refractivity contribution in [2.75, 3.05) is 26.3 Å². The third-order valence-electron chi connectivity index (χ3n) is 4.78. The molecule has 0 aromatic carbocycles. The quantitative estimate of drug-likeness (QED) is 0.786. The predicted molar refractivity (Wildman–Crippen MR) is 76.3 cm³/mol. The van der Waals surface area contributed by atoms with Crippen LogP contribution in [-0.2, 0) is 14.3 Å². The van der Waals surface area contributed by atoms with Crippen molar-refractivity contribution < 1.29 is 14.3 Å². The second kappa shape index (κ2) is 6.12. The molecule has 0 bridgehead atoms. The molecule has 2 atom stereocenters. The molecule has 20 heavy (non-hydrogen) atoms. The Bertz CT molecular complexity index is 385. The number of nitrogens with zero attached hydrogens (tertiary/aromatic N) is 2. The summed E-state index contributed by atoms with van der Waals surface area (Å²) < 4.78 is 5.26. The summed E-state index contributed by atoms with van der Waals surface area (Å²) in [6, 6.07) is 0.141. The molecule has 5 nitrogen and oxygen atoms in total. The summed E-state index contributed by atoms with van der Waals surface area (Å²) >= 11 is 0. The second-order valence-electron chi connectivity index (χ2n) is 6.01. The molecule has 2 aliphatic rings. The van der Waals surface area contributed by atoms with Gasteiger partial charge in [0.15, 0.2) is 0 Å². The molecule has 0 aromatic rings. The number of rotatable bonds is 3. The number of ether oxygens (including phenoxy) is 1. The van der Waals surface area contributed by atoms with Gasteiger partial charge in [-0.15, -0.1) is 0 Å². The highest BCUT2D eigenvalue weighted by Crippen LogP contribution is 2.39. The standard InChI is InChI=1S/C15H26N2O3/c1-4-20-11-14(19)16-9-6-8-15(3)13(16)7-5-10-17(15)12(2)18/h13H,4-11H2,1-3H3/t13-,15+/m1/s1. The molecule has 2 aliphatic heterocycles. The van der Waals surface area contributed by atoms with E-state index in [9.17, 15) is 9.59 Å². The largest absolute Gasteiger partial charge is 0.372 e. The molecule has 0 radical (unpaired) electrons. The van der Waals surface area contributed by atoms with Gasteiger partial charge in [0.1, 0.15) is 6.61 Å². The fourth-order valence-electron chi connectivity index (χ4n) is 3.83. The fraction of sp³-hybridized carbons (Fsp3) is 0.867. The van der Waals surface area contributed by atoms with Crippen molar-refractivity contribution in [3.05, 3.63) is 0 Å².